The first-order valence-corrected chi connectivity index (χ1v) is 5.79. The molecule has 0 bridgehead atoms. The van der Waals surface area contributed by atoms with Crippen LogP contribution in [-0.2, 0) is 0 Å². The quantitative estimate of drug-likeness (QED) is 0.788. The number of hydrogen-bond acceptors (Lipinski definition) is 2. The lowest BCUT2D eigenvalue weighted by Crippen LogP contribution is -2.46. The third kappa shape index (κ3) is 4.07. The van der Waals surface area contributed by atoms with Crippen molar-refractivity contribution in [3.05, 3.63) is 0 Å². The normalized spacial score (nSPS) is 25.9. The van der Waals surface area contributed by atoms with Gasteiger partial charge in [-0.1, -0.05) is 0 Å². The summed E-state index contributed by atoms with van der Waals surface area (Å²) in [6.07, 6.45) is -1.14. The number of rotatable bonds is 3. The van der Waals surface area contributed by atoms with Crippen LogP contribution in [0.2, 0.25) is 0 Å². The molecular weight excluding hydrogens is 235 g/mol. The van der Waals surface area contributed by atoms with E-state index in [9.17, 15) is 18.0 Å². The van der Waals surface area contributed by atoms with Crippen LogP contribution < -0.4 is 10.6 Å². The lowest BCUT2D eigenvalue weighted by Gasteiger charge is -2.16. The van der Waals surface area contributed by atoms with Gasteiger partial charge in [-0.15, -0.1) is 0 Å². The van der Waals surface area contributed by atoms with E-state index in [-0.39, 0.29) is 6.04 Å². The molecule has 98 valence electrons. The van der Waals surface area contributed by atoms with Crippen LogP contribution in [-0.4, -0.2) is 48.8 Å². The molecule has 2 aliphatic rings. The minimum atomic E-state index is -4.35. The van der Waals surface area contributed by atoms with Gasteiger partial charge in [-0.3, -0.25) is 4.90 Å². The maximum atomic E-state index is 11.9. The van der Waals surface area contributed by atoms with Crippen molar-refractivity contribution >= 4 is 6.03 Å². The summed E-state index contributed by atoms with van der Waals surface area (Å²) in [7, 11) is 0. The number of urea groups is 1. The van der Waals surface area contributed by atoms with Crippen molar-refractivity contribution < 1.29 is 18.0 Å². The molecule has 1 unspecified atom stereocenters. The zero-order valence-electron chi connectivity index (χ0n) is 9.39. The molecule has 0 aromatic heterocycles. The highest BCUT2D eigenvalue weighted by atomic mass is 19.4. The predicted molar refractivity (Wildman–Crippen MR) is 55.6 cm³/mol. The van der Waals surface area contributed by atoms with Crippen LogP contribution in [0.25, 0.3) is 0 Å². The Morgan fingerprint density at radius 1 is 1.29 bits per heavy atom. The summed E-state index contributed by atoms with van der Waals surface area (Å²) < 4.78 is 35.6. The van der Waals surface area contributed by atoms with E-state index in [1.54, 1.807) is 0 Å². The second-order valence-corrected chi connectivity index (χ2v) is 4.65. The zero-order valence-corrected chi connectivity index (χ0v) is 9.39. The summed E-state index contributed by atoms with van der Waals surface area (Å²) in [6, 6.07) is -0.117. The van der Waals surface area contributed by atoms with E-state index < -0.39 is 18.8 Å². The van der Waals surface area contributed by atoms with Crippen LogP contribution in [0, 0.1) is 0 Å². The Balaban J connectivity index is 1.65. The van der Waals surface area contributed by atoms with Gasteiger partial charge in [0.1, 0.15) is 6.54 Å². The SMILES string of the molecule is O=C(NCC(F)(F)F)NC1CCN(C2CC2)C1. The van der Waals surface area contributed by atoms with E-state index >= 15 is 0 Å². The number of nitrogens with zero attached hydrogens (tertiary/aromatic N) is 1. The standard InChI is InChI=1S/C10H16F3N3O/c11-10(12,13)6-14-9(17)15-7-3-4-16(5-7)8-1-2-8/h7-8H,1-6H2,(H2,14,15,17). The summed E-state index contributed by atoms with van der Waals surface area (Å²) in [5.41, 5.74) is 0. The molecule has 0 aromatic rings. The number of carbonyl (C=O) groups excluding carboxylic acids is 1. The monoisotopic (exact) mass is 251 g/mol. The molecule has 7 heteroatoms. The maximum Gasteiger partial charge on any atom is 0.405 e. The number of nitrogens with one attached hydrogen (secondary N) is 2. The van der Waals surface area contributed by atoms with Gasteiger partial charge in [0.15, 0.2) is 0 Å². The fourth-order valence-electron chi connectivity index (χ4n) is 2.09. The van der Waals surface area contributed by atoms with Gasteiger partial charge < -0.3 is 10.6 Å². The van der Waals surface area contributed by atoms with E-state index in [4.69, 9.17) is 0 Å². The molecule has 2 N–H and O–H groups in total. The first-order valence-electron chi connectivity index (χ1n) is 5.79. The Labute approximate surface area is 97.5 Å². The number of carbonyl (C=O) groups is 1. The topological polar surface area (TPSA) is 44.4 Å². The summed E-state index contributed by atoms with van der Waals surface area (Å²) in [4.78, 5) is 13.5. The molecule has 4 nitrogen and oxygen atoms in total. The lowest BCUT2D eigenvalue weighted by atomic mass is 10.3. The maximum absolute atomic E-state index is 11.9. The molecular formula is C10H16F3N3O. The van der Waals surface area contributed by atoms with E-state index in [0.717, 1.165) is 19.5 Å². The molecule has 2 amide bonds. The van der Waals surface area contributed by atoms with Crippen molar-refractivity contribution in [1.29, 1.82) is 0 Å². The van der Waals surface area contributed by atoms with Gasteiger partial charge in [-0.05, 0) is 19.3 Å². The van der Waals surface area contributed by atoms with Gasteiger partial charge in [0.05, 0.1) is 0 Å². The summed E-state index contributed by atoms with van der Waals surface area (Å²) in [6.45, 7) is 0.400. The number of alkyl halides is 3. The number of hydrogen-bond donors (Lipinski definition) is 2. The lowest BCUT2D eigenvalue weighted by molar-refractivity contribution is -0.122. The van der Waals surface area contributed by atoms with Crippen molar-refractivity contribution in [2.24, 2.45) is 0 Å². The fourth-order valence-corrected chi connectivity index (χ4v) is 2.09. The van der Waals surface area contributed by atoms with Crippen molar-refractivity contribution in [3.63, 3.8) is 0 Å². The highest BCUT2D eigenvalue weighted by Crippen LogP contribution is 2.29. The van der Waals surface area contributed by atoms with Crippen LogP contribution in [0.3, 0.4) is 0 Å². The third-order valence-corrected chi connectivity index (χ3v) is 3.07. The molecule has 1 saturated heterocycles. The second-order valence-electron chi connectivity index (χ2n) is 4.65. The highest BCUT2D eigenvalue weighted by Gasteiger charge is 2.35. The Kier molecular flexibility index (Phi) is 3.46. The van der Waals surface area contributed by atoms with E-state index in [2.05, 4.69) is 10.2 Å². The minimum absolute atomic E-state index is 0.0242. The average molecular weight is 251 g/mol. The number of likely N-dealkylation sites (tertiary alicyclic amines) is 1. The molecule has 2 rings (SSSR count). The molecule has 0 aromatic carbocycles. The summed E-state index contributed by atoms with van der Waals surface area (Å²) >= 11 is 0. The van der Waals surface area contributed by atoms with Crippen LogP contribution >= 0.6 is 0 Å². The first-order chi connectivity index (χ1) is 7.94. The molecule has 17 heavy (non-hydrogen) atoms. The van der Waals surface area contributed by atoms with Crippen LogP contribution in [0.1, 0.15) is 19.3 Å². The van der Waals surface area contributed by atoms with Gasteiger partial charge >= 0.3 is 12.2 Å². The molecule has 2 fully saturated rings. The average Bonchev–Trinajstić information content (AvgIpc) is 2.97. The molecule has 1 saturated carbocycles. The van der Waals surface area contributed by atoms with E-state index in [1.165, 1.54) is 12.8 Å². The van der Waals surface area contributed by atoms with Crippen molar-refractivity contribution in [2.75, 3.05) is 19.6 Å². The molecule has 1 atom stereocenters. The van der Waals surface area contributed by atoms with Gasteiger partial charge in [-0.2, -0.15) is 13.2 Å². The van der Waals surface area contributed by atoms with E-state index in [0.29, 0.717) is 6.04 Å². The van der Waals surface area contributed by atoms with Gasteiger partial charge in [-0.25, -0.2) is 4.79 Å². The predicted octanol–water partition coefficient (Wildman–Crippen LogP) is 1.08. The fraction of sp³-hybridized carbons (Fsp3) is 0.900. The number of amides is 2. The molecule has 1 aliphatic carbocycles. The molecule has 1 heterocycles. The largest absolute Gasteiger partial charge is 0.405 e. The van der Waals surface area contributed by atoms with Crippen LogP contribution in [0.5, 0.6) is 0 Å². The van der Waals surface area contributed by atoms with E-state index in [1.807, 2.05) is 5.32 Å². The smallest absolute Gasteiger partial charge is 0.334 e. The Bertz CT molecular complexity index is 291. The first kappa shape index (κ1) is 12.5. The Morgan fingerprint density at radius 2 is 2.00 bits per heavy atom. The third-order valence-electron chi connectivity index (χ3n) is 3.07. The zero-order chi connectivity index (χ0) is 12.5. The van der Waals surface area contributed by atoms with Gasteiger partial charge in [0.2, 0.25) is 0 Å². The summed E-state index contributed by atoms with van der Waals surface area (Å²) in [5.74, 6) is 0. The van der Waals surface area contributed by atoms with Crippen molar-refractivity contribution in [1.82, 2.24) is 15.5 Å². The van der Waals surface area contributed by atoms with Gasteiger partial charge in [0.25, 0.3) is 0 Å². The highest BCUT2D eigenvalue weighted by molar-refractivity contribution is 5.74. The van der Waals surface area contributed by atoms with Crippen molar-refractivity contribution in [3.8, 4) is 0 Å². The van der Waals surface area contributed by atoms with Gasteiger partial charge in [0, 0.05) is 25.2 Å². The molecule has 0 radical (unpaired) electrons. The second kappa shape index (κ2) is 4.72. The molecule has 1 aliphatic heterocycles. The van der Waals surface area contributed by atoms with Crippen LogP contribution in [0.15, 0.2) is 0 Å². The minimum Gasteiger partial charge on any atom is -0.334 e. The summed E-state index contributed by atoms with van der Waals surface area (Å²) in [5, 5.41) is 4.39. The Hall–Kier alpha value is -0.980. The van der Waals surface area contributed by atoms with Crippen molar-refractivity contribution in [2.45, 2.75) is 37.5 Å². The van der Waals surface area contributed by atoms with Crippen LogP contribution in [0.4, 0.5) is 18.0 Å². The molecule has 0 spiro atoms. The Morgan fingerprint density at radius 3 is 2.59 bits per heavy atom. The number of halogens is 3.